The Morgan fingerprint density at radius 2 is 1.87 bits per heavy atom. The van der Waals surface area contributed by atoms with E-state index in [1.165, 1.54) is 6.20 Å². The first kappa shape index (κ1) is 17.9. The highest BCUT2D eigenvalue weighted by atomic mass is 19.3. The Morgan fingerprint density at radius 3 is 2.43 bits per heavy atom. The predicted octanol–water partition coefficient (Wildman–Crippen LogP) is 2.32. The number of aromatic nitrogens is 1. The predicted molar refractivity (Wildman–Crippen MR) is 85.5 cm³/mol. The van der Waals surface area contributed by atoms with Crippen molar-refractivity contribution in [3.63, 3.8) is 0 Å². The molecule has 0 spiro atoms. The van der Waals surface area contributed by atoms with E-state index in [-0.39, 0.29) is 0 Å². The standard InChI is InChI=1S/C16H25F2N3O2/c1-15(2,3)23-12-16(17,18)11-22-13-4-5-14(20-10-13)21-8-6-19-7-9-21/h4-5,10,19H,6-9,11-12H2,1-3H3. The molecule has 0 radical (unpaired) electrons. The molecule has 2 rings (SSSR count). The summed E-state index contributed by atoms with van der Waals surface area (Å²) in [5, 5.41) is 3.27. The van der Waals surface area contributed by atoms with E-state index in [4.69, 9.17) is 9.47 Å². The van der Waals surface area contributed by atoms with Gasteiger partial charge in [-0.15, -0.1) is 0 Å². The lowest BCUT2D eigenvalue weighted by molar-refractivity contribution is -0.137. The number of ether oxygens (including phenoxy) is 2. The second-order valence-electron chi connectivity index (χ2n) is 6.63. The normalized spacial score (nSPS) is 16.5. The Balaban J connectivity index is 1.83. The highest BCUT2D eigenvalue weighted by Gasteiger charge is 2.32. The van der Waals surface area contributed by atoms with Gasteiger partial charge in [-0.1, -0.05) is 0 Å². The molecule has 0 bridgehead atoms. The van der Waals surface area contributed by atoms with Crippen LogP contribution in [0.3, 0.4) is 0 Å². The maximum Gasteiger partial charge on any atom is 0.304 e. The molecule has 130 valence electrons. The van der Waals surface area contributed by atoms with Gasteiger partial charge in [0.1, 0.15) is 18.2 Å². The molecule has 1 aromatic rings. The Kier molecular flexibility index (Phi) is 5.75. The third kappa shape index (κ3) is 6.27. The number of nitrogens with one attached hydrogen (secondary N) is 1. The molecule has 0 saturated carbocycles. The van der Waals surface area contributed by atoms with Crippen molar-refractivity contribution in [1.82, 2.24) is 10.3 Å². The third-order valence-corrected chi connectivity index (χ3v) is 3.33. The van der Waals surface area contributed by atoms with Gasteiger partial charge < -0.3 is 19.7 Å². The zero-order valence-corrected chi connectivity index (χ0v) is 13.9. The summed E-state index contributed by atoms with van der Waals surface area (Å²) in [6.45, 7) is 7.43. The van der Waals surface area contributed by atoms with Gasteiger partial charge in [0.25, 0.3) is 0 Å². The molecular weight excluding hydrogens is 304 g/mol. The fourth-order valence-electron chi connectivity index (χ4n) is 2.09. The van der Waals surface area contributed by atoms with Gasteiger partial charge in [-0.25, -0.2) is 13.8 Å². The topological polar surface area (TPSA) is 46.6 Å². The number of anilines is 1. The maximum absolute atomic E-state index is 13.7. The van der Waals surface area contributed by atoms with Crippen LogP contribution in [0.4, 0.5) is 14.6 Å². The molecule has 7 heteroatoms. The summed E-state index contributed by atoms with van der Waals surface area (Å²) >= 11 is 0. The number of piperazine rings is 1. The van der Waals surface area contributed by atoms with Crippen molar-refractivity contribution in [2.45, 2.75) is 32.3 Å². The summed E-state index contributed by atoms with van der Waals surface area (Å²) in [5.41, 5.74) is -0.601. The summed E-state index contributed by atoms with van der Waals surface area (Å²) in [4.78, 5) is 6.43. The van der Waals surface area contributed by atoms with E-state index in [9.17, 15) is 8.78 Å². The molecule has 0 amide bonds. The molecule has 0 unspecified atom stereocenters. The summed E-state index contributed by atoms with van der Waals surface area (Å²) in [6, 6.07) is 3.47. The maximum atomic E-state index is 13.7. The third-order valence-electron chi connectivity index (χ3n) is 3.33. The molecule has 0 aromatic carbocycles. The lowest BCUT2D eigenvalue weighted by Gasteiger charge is -2.28. The molecule has 1 saturated heterocycles. The molecule has 5 nitrogen and oxygen atoms in total. The average Bonchev–Trinajstić information content (AvgIpc) is 2.52. The number of hydrogen-bond acceptors (Lipinski definition) is 5. The van der Waals surface area contributed by atoms with Crippen LogP contribution in [0.1, 0.15) is 20.8 Å². The zero-order chi connectivity index (χ0) is 16.9. The van der Waals surface area contributed by atoms with Crippen LogP contribution in [-0.4, -0.2) is 55.9 Å². The van der Waals surface area contributed by atoms with E-state index in [2.05, 4.69) is 15.2 Å². The van der Waals surface area contributed by atoms with Crippen molar-refractivity contribution in [2.75, 3.05) is 44.3 Å². The van der Waals surface area contributed by atoms with Gasteiger partial charge in [0.05, 0.1) is 11.8 Å². The van der Waals surface area contributed by atoms with Crippen molar-refractivity contribution in [2.24, 2.45) is 0 Å². The van der Waals surface area contributed by atoms with Crippen molar-refractivity contribution >= 4 is 5.82 Å². The van der Waals surface area contributed by atoms with E-state index in [0.717, 1.165) is 32.0 Å². The van der Waals surface area contributed by atoms with Crippen molar-refractivity contribution in [3.05, 3.63) is 18.3 Å². The van der Waals surface area contributed by atoms with Gasteiger partial charge in [-0.05, 0) is 32.9 Å². The number of hydrogen-bond donors (Lipinski definition) is 1. The lowest BCUT2D eigenvalue weighted by Crippen LogP contribution is -2.43. The first-order chi connectivity index (χ1) is 10.8. The van der Waals surface area contributed by atoms with Crippen molar-refractivity contribution in [3.8, 4) is 5.75 Å². The molecule has 0 atom stereocenters. The Morgan fingerprint density at radius 1 is 1.17 bits per heavy atom. The smallest absolute Gasteiger partial charge is 0.304 e. The van der Waals surface area contributed by atoms with E-state index in [0.29, 0.717) is 5.75 Å². The number of alkyl halides is 2. The summed E-state index contributed by atoms with van der Waals surface area (Å²) in [5.74, 6) is -1.87. The number of halogens is 2. The quantitative estimate of drug-likeness (QED) is 0.868. The molecule has 1 fully saturated rings. The van der Waals surface area contributed by atoms with Gasteiger partial charge >= 0.3 is 5.92 Å². The van der Waals surface area contributed by atoms with Crippen LogP contribution in [0.15, 0.2) is 18.3 Å². The SMILES string of the molecule is CC(C)(C)OCC(F)(F)COc1ccc(N2CCNCC2)nc1. The van der Waals surface area contributed by atoms with Crippen molar-refractivity contribution in [1.29, 1.82) is 0 Å². The molecule has 1 aromatic heterocycles. The number of pyridine rings is 1. The Hall–Kier alpha value is -1.47. The van der Waals surface area contributed by atoms with Crippen LogP contribution < -0.4 is 15.0 Å². The van der Waals surface area contributed by atoms with Crippen molar-refractivity contribution < 1.29 is 18.3 Å². The van der Waals surface area contributed by atoms with Crippen LogP contribution in [0.25, 0.3) is 0 Å². The minimum absolute atomic E-state index is 0.333. The lowest BCUT2D eigenvalue weighted by atomic mass is 10.2. The molecule has 23 heavy (non-hydrogen) atoms. The molecule has 0 aliphatic carbocycles. The fraction of sp³-hybridized carbons (Fsp3) is 0.688. The molecule has 1 N–H and O–H groups in total. The van der Waals surface area contributed by atoms with Crippen LogP contribution in [0.2, 0.25) is 0 Å². The van der Waals surface area contributed by atoms with Gasteiger partial charge in [-0.3, -0.25) is 0 Å². The van der Waals surface area contributed by atoms with E-state index >= 15 is 0 Å². The van der Waals surface area contributed by atoms with Crippen LogP contribution >= 0.6 is 0 Å². The molecule has 2 heterocycles. The Labute approximate surface area is 136 Å². The first-order valence-electron chi connectivity index (χ1n) is 7.82. The monoisotopic (exact) mass is 329 g/mol. The first-order valence-corrected chi connectivity index (χ1v) is 7.82. The highest BCUT2D eigenvalue weighted by molar-refractivity contribution is 5.41. The minimum atomic E-state index is -3.04. The van der Waals surface area contributed by atoms with Crippen LogP contribution in [0.5, 0.6) is 5.75 Å². The van der Waals surface area contributed by atoms with E-state index in [1.807, 2.05) is 0 Å². The summed E-state index contributed by atoms with van der Waals surface area (Å²) < 4.78 is 37.7. The fourth-order valence-corrected chi connectivity index (χ4v) is 2.09. The minimum Gasteiger partial charge on any atom is -0.486 e. The van der Waals surface area contributed by atoms with Gasteiger partial charge in [-0.2, -0.15) is 0 Å². The zero-order valence-electron chi connectivity index (χ0n) is 13.9. The second kappa shape index (κ2) is 7.40. The van der Waals surface area contributed by atoms with Crippen LogP contribution in [0, 0.1) is 0 Å². The Bertz CT molecular complexity index is 483. The van der Waals surface area contributed by atoms with E-state index in [1.54, 1.807) is 32.9 Å². The largest absolute Gasteiger partial charge is 0.486 e. The van der Waals surface area contributed by atoms with Gasteiger partial charge in [0.15, 0.2) is 6.61 Å². The highest BCUT2D eigenvalue weighted by Crippen LogP contribution is 2.21. The van der Waals surface area contributed by atoms with Gasteiger partial charge in [0, 0.05) is 26.2 Å². The summed E-state index contributed by atoms with van der Waals surface area (Å²) in [7, 11) is 0. The number of nitrogens with zero attached hydrogens (tertiary/aromatic N) is 2. The molecule has 1 aliphatic heterocycles. The van der Waals surface area contributed by atoms with E-state index < -0.39 is 24.7 Å². The summed E-state index contributed by atoms with van der Waals surface area (Å²) in [6.07, 6.45) is 1.48. The average molecular weight is 329 g/mol. The molecular formula is C16H25F2N3O2. The number of rotatable bonds is 6. The molecule has 1 aliphatic rings. The van der Waals surface area contributed by atoms with Crippen LogP contribution in [-0.2, 0) is 4.74 Å². The van der Waals surface area contributed by atoms with Gasteiger partial charge in [0.2, 0.25) is 0 Å². The second-order valence-corrected chi connectivity index (χ2v) is 6.63.